The number of methoxy groups -OCH3 is 1. The van der Waals surface area contributed by atoms with Gasteiger partial charge in [0, 0.05) is 10.0 Å². The summed E-state index contributed by atoms with van der Waals surface area (Å²) in [7, 11) is -2.59. The third kappa shape index (κ3) is 5.05. The quantitative estimate of drug-likeness (QED) is 0.542. The Balaban J connectivity index is 1.96. The number of rotatable bonds is 7. The molecule has 1 amide bonds. The number of carbonyl (C=O) groups is 1. The third-order valence-corrected chi connectivity index (χ3v) is 6.44. The van der Waals surface area contributed by atoms with Crippen LogP contribution in [0.3, 0.4) is 0 Å². The summed E-state index contributed by atoms with van der Waals surface area (Å²) in [6, 6.07) is 18.8. The molecule has 0 aliphatic carbocycles. The standard InChI is InChI=1S/C21H18Cl2N2O4S/c1-29-20-8-3-2-7-19(20)24-21(26)14-25(17-6-4-5-16(23)13-17)30(27,28)18-11-9-15(22)10-12-18/h2-13H,14H2,1H3,(H,24,26). The number of ether oxygens (including phenoxy) is 1. The molecule has 0 aliphatic heterocycles. The van der Waals surface area contributed by atoms with Crippen LogP contribution in [0.1, 0.15) is 0 Å². The average molecular weight is 465 g/mol. The van der Waals surface area contributed by atoms with Gasteiger partial charge in [-0.05, 0) is 54.6 Å². The molecule has 0 fully saturated rings. The number of nitrogens with zero attached hydrogens (tertiary/aromatic N) is 1. The van der Waals surface area contributed by atoms with Gasteiger partial charge in [0.1, 0.15) is 12.3 Å². The first-order valence-electron chi connectivity index (χ1n) is 8.78. The van der Waals surface area contributed by atoms with Crippen LogP contribution in [-0.4, -0.2) is 28.0 Å². The Morgan fingerprint density at radius 1 is 0.967 bits per heavy atom. The molecular weight excluding hydrogens is 447 g/mol. The summed E-state index contributed by atoms with van der Waals surface area (Å²) in [4.78, 5) is 12.8. The Bertz CT molecular complexity index is 1150. The van der Waals surface area contributed by atoms with E-state index in [1.165, 1.54) is 37.4 Å². The zero-order chi connectivity index (χ0) is 21.7. The van der Waals surface area contributed by atoms with Crippen molar-refractivity contribution in [3.8, 4) is 5.75 Å². The fourth-order valence-electron chi connectivity index (χ4n) is 2.75. The van der Waals surface area contributed by atoms with Crippen molar-refractivity contribution < 1.29 is 17.9 Å². The molecule has 0 heterocycles. The highest BCUT2D eigenvalue weighted by Crippen LogP contribution is 2.28. The van der Waals surface area contributed by atoms with E-state index in [1.807, 2.05) is 0 Å². The molecule has 0 saturated carbocycles. The third-order valence-electron chi connectivity index (χ3n) is 4.17. The molecule has 1 N–H and O–H groups in total. The van der Waals surface area contributed by atoms with Gasteiger partial charge in [0.25, 0.3) is 10.0 Å². The van der Waals surface area contributed by atoms with Crippen LogP contribution in [0.4, 0.5) is 11.4 Å². The molecule has 3 aromatic rings. The van der Waals surface area contributed by atoms with Crippen molar-refractivity contribution in [3.63, 3.8) is 0 Å². The van der Waals surface area contributed by atoms with Crippen molar-refractivity contribution in [2.24, 2.45) is 0 Å². The highest BCUT2D eigenvalue weighted by molar-refractivity contribution is 7.92. The van der Waals surface area contributed by atoms with E-state index in [9.17, 15) is 13.2 Å². The molecule has 0 saturated heterocycles. The van der Waals surface area contributed by atoms with Crippen molar-refractivity contribution in [2.45, 2.75) is 4.90 Å². The van der Waals surface area contributed by atoms with Crippen molar-refractivity contribution in [2.75, 3.05) is 23.3 Å². The van der Waals surface area contributed by atoms with E-state index >= 15 is 0 Å². The average Bonchev–Trinajstić information content (AvgIpc) is 2.72. The van der Waals surface area contributed by atoms with E-state index in [1.54, 1.807) is 42.5 Å². The van der Waals surface area contributed by atoms with Gasteiger partial charge in [-0.3, -0.25) is 9.10 Å². The summed E-state index contributed by atoms with van der Waals surface area (Å²) in [6.07, 6.45) is 0. The first-order chi connectivity index (χ1) is 14.3. The molecule has 6 nitrogen and oxygen atoms in total. The van der Waals surface area contributed by atoms with Gasteiger partial charge in [-0.1, -0.05) is 41.4 Å². The minimum Gasteiger partial charge on any atom is -0.495 e. The van der Waals surface area contributed by atoms with Gasteiger partial charge in [-0.25, -0.2) is 8.42 Å². The van der Waals surface area contributed by atoms with E-state index < -0.39 is 22.5 Å². The van der Waals surface area contributed by atoms with Crippen LogP contribution in [0, 0.1) is 0 Å². The fourth-order valence-corrected chi connectivity index (χ4v) is 4.47. The Labute approximate surface area is 185 Å². The molecule has 156 valence electrons. The van der Waals surface area contributed by atoms with E-state index in [-0.39, 0.29) is 10.6 Å². The van der Waals surface area contributed by atoms with Crippen molar-refractivity contribution in [1.29, 1.82) is 0 Å². The maximum Gasteiger partial charge on any atom is 0.264 e. The van der Waals surface area contributed by atoms with Crippen molar-refractivity contribution in [3.05, 3.63) is 82.8 Å². The van der Waals surface area contributed by atoms with E-state index in [0.717, 1.165) is 4.31 Å². The summed E-state index contributed by atoms with van der Waals surface area (Å²) in [5, 5.41) is 3.43. The van der Waals surface area contributed by atoms with Crippen molar-refractivity contribution >= 4 is 50.5 Å². The fraction of sp³-hybridized carbons (Fsp3) is 0.0952. The molecule has 30 heavy (non-hydrogen) atoms. The van der Waals surface area contributed by atoms with Gasteiger partial charge in [0.2, 0.25) is 5.91 Å². The first kappa shape index (κ1) is 22.0. The summed E-state index contributed by atoms with van der Waals surface area (Å²) in [5.74, 6) is -0.0854. The zero-order valence-corrected chi connectivity index (χ0v) is 18.2. The summed E-state index contributed by atoms with van der Waals surface area (Å²) >= 11 is 11.9. The van der Waals surface area contributed by atoms with Crippen molar-refractivity contribution in [1.82, 2.24) is 0 Å². The monoisotopic (exact) mass is 464 g/mol. The maximum absolute atomic E-state index is 13.3. The molecule has 0 unspecified atom stereocenters. The maximum atomic E-state index is 13.3. The second kappa shape index (κ2) is 9.38. The van der Waals surface area contributed by atoms with E-state index in [2.05, 4.69) is 5.32 Å². The largest absolute Gasteiger partial charge is 0.495 e. The van der Waals surface area contributed by atoms with Crippen LogP contribution in [0.2, 0.25) is 10.0 Å². The number of amides is 1. The van der Waals surface area contributed by atoms with Crippen LogP contribution in [0.15, 0.2) is 77.7 Å². The topological polar surface area (TPSA) is 75.7 Å². The minimum atomic E-state index is -4.07. The van der Waals surface area contributed by atoms with E-state index in [0.29, 0.717) is 21.5 Å². The number of benzene rings is 3. The Hall–Kier alpha value is -2.74. The van der Waals surface area contributed by atoms with Crippen LogP contribution < -0.4 is 14.4 Å². The Morgan fingerprint density at radius 2 is 1.67 bits per heavy atom. The highest BCUT2D eigenvalue weighted by Gasteiger charge is 2.27. The number of anilines is 2. The number of nitrogens with one attached hydrogen (secondary N) is 1. The molecule has 9 heteroatoms. The lowest BCUT2D eigenvalue weighted by Gasteiger charge is -2.24. The Morgan fingerprint density at radius 3 is 2.33 bits per heavy atom. The van der Waals surface area contributed by atoms with Crippen LogP contribution >= 0.6 is 23.2 Å². The smallest absolute Gasteiger partial charge is 0.264 e. The number of hydrogen-bond donors (Lipinski definition) is 1. The molecule has 0 atom stereocenters. The highest BCUT2D eigenvalue weighted by atomic mass is 35.5. The minimum absolute atomic E-state index is 0.00281. The normalized spacial score (nSPS) is 11.0. The van der Waals surface area contributed by atoms with Crippen LogP contribution in [-0.2, 0) is 14.8 Å². The van der Waals surface area contributed by atoms with Crippen LogP contribution in [0.5, 0.6) is 5.75 Å². The summed E-state index contributed by atoms with van der Waals surface area (Å²) < 4.78 is 32.8. The lowest BCUT2D eigenvalue weighted by atomic mass is 10.3. The molecule has 0 bridgehead atoms. The van der Waals surface area contributed by atoms with Gasteiger partial charge >= 0.3 is 0 Å². The lowest BCUT2D eigenvalue weighted by molar-refractivity contribution is -0.114. The summed E-state index contributed by atoms with van der Waals surface area (Å²) in [6.45, 7) is -0.469. The van der Waals surface area contributed by atoms with Gasteiger partial charge < -0.3 is 10.1 Å². The SMILES string of the molecule is COc1ccccc1NC(=O)CN(c1cccc(Cl)c1)S(=O)(=O)c1ccc(Cl)cc1. The van der Waals surface area contributed by atoms with Gasteiger partial charge in [0.15, 0.2) is 0 Å². The molecule has 0 radical (unpaired) electrons. The number of sulfonamides is 1. The number of para-hydroxylation sites is 2. The molecule has 0 aromatic heterocycles. The lowest BCUT2D eigenvalue weighted by Crippen LogP contribution is -2.38. The molecular formula is C21H18Cl2N2O4S. The van der Waals surface area contributed by atoms with Gasteiger partial charge in [-0.15, -0.1) is 0 Å². The van der Waals surface area contributed by atoms with Gasteiger partial charge in [0.05, 0.1) is 23.4 Å². The number of hydrogen-bond acceptors (Lipinski definition) is 4. The zero-order valence-electron chi connectivity index (χ0n) is 15.9. The predicted molar refractivity (Wildman–Crippen MR) is 119 cm³/mol. The Kier molecular flexibility index (Phi) is 6.87. The van der Waals surface area contributed by atoms with E-state index in [4.69, 9.17) is 27.9 Å². The predicted octanol–water partition coefficient (Wildman–Crippen LogP) is 4.84. The van der Waals surface area contributed by atoms with Crippen LogP contribution in [0.25, 0.3) is 0 Å². The summed E-state index contributed by atoms with van der Waals surface area (Å²) in [5.41, 5.74) is 0.688. The molecule has 0 spiro atoms. The van der Waals surface area contributed by atoms with Gasteiger partial charge in [-0.2, -0.15) is 0 Å². The number of halogens is 2. The first-order valence-corrected chi connectivity index (χ1v) is 11.0. The second-order valence-electron chi connectivity index (χ2n) is 6.19. The molecule has 3 aromatic carbocycles. The number of carbonyl (C=O) groups excluding carboxylic acids is 1. The second-order valence-corrected chi connectivity index (χ2v) is 8.93. The molecule has 0 aliphatic rings. The molecule has 3 rings (SSSR count).